The summed E-state index contributed by atoms with van der Waals surface area (Å²) in [7, 11) is 1.59. The molecular weight excluding hydrogens is 344 g/mol. The number of amides is 1. The number of hydrogen-bond acceptors (Lipinski definition) is 3. The summed E-state index contributed by atoms with van der Waals surface area (Å²) >= 11 is 5.21. The molecule has 0 bridgehead atoms. The number of ether oxygens (including phenoxy) is 1. The lowest BCUT2D eigenvalue weighted by atomic mass is 10.1. The molecule has 0 aromatic heterocycles. The zero-order valence-corrected chi connectivity index (χ0v) is 15.0. The van der Waals surface area contributed by atoms with E-state index < -0.39 is 0 Å². The first-order valence-electron chi connectivity index (χ1n) is 8.07. The van der Waals surface area contributed by atoms with Crippen molar-refractivity contribution >= 4 is 45.8 Å². The van der Waals surface area contributed by atoms with Crippen molar-refractivity contribution < 1.29 is 9.53 Å². The summed E-state index contributed by atoms with van der Waals surface area (Å²) in [6.45, 7) is 0. The van der Waals surface area contributed by atoms with Crippen molar-refractivity contribution in [1.29, 1.82) is 0 Å². The standard InChI is InChI=1S/C21H18N2O2S/c1-25-19-9-5-4-7-16(19)11-13-20(24)23-21(26)22-18-12-10-15-6-2-3-8-17(15)14-18/h2-14H,1H3,(H2,22,23,24,26)/b13-11+. The van der Waals surface area contributed by atoms with Gasteiger partial charge in [0.15, 0.2) is 5.11 Å². The maximum Gasteiger partial charge on any atom is 0.250 e. The van der Waals surface area contributed by atoms with Crippen molar-refractivity contribution in [3.05, 3.63) is 78.4 Å². The minimum Gasteiger partial charge on any atom is -0.496 e. The molecule has 0 radical (unpaired) electrons. The Bertz CT molecular complexity index is 982. The Morgan fingerprint density at radius 1 is 1.00 bits per heavy atom. The fourth-order valence-electron chi connectivity index (χ4n) is 2.55. The first kappa shape index (κ1) is 17.6. The Balaban J connectivity index is 1.61. The van der Waals surface area contributed by atoms with Crippen LogP contribution in [0.25, 0.3) is 16.8 Å². The molecule has 0 saturated carbocycles. The van der Waals surface area contributed by atoms with Gasteiger partial charge in [-0.25, -0.2) is 0 Å². The summed E-state index contributed by atoms with van der Waals surface area (Å²) in [5.74, 6) is 0.391. The predicted octanol–water partition coefficient (Wildman–Crippen LogP) is 4.37. The average Bonchev–Trinajstić information content (AvgIpc) is 2.66. The van der Waals surface area contributed by atoms with Gasteiger partial charge in [-0.05, 0) is 47.3 Å². The zero-order chi connectivity index (χ0) is 18.4. The summed E-state index contributed by atoms with van der Waals surface area (Å²) in [5, 5.41) is 8.16. The molecule has 0 aliphatic carbocycles. The molecule has 4 nitrogen and oxygen atoms in total. The molecule has 3 aromatic rings. The second-order valence-corrected chi connectivity index (χ2v) is 5.99. The second kappa shape index (κ2) is 8.27. The molecule has 0 saturated heterocycles. The van der Waals surface area contributed by atoms with Gasteiger partial charge in [-0.2, -0.15) is 0 Å². The Hall–Kier alpha value is -3.18. The van der Waals surface area contributed by atoms with Gasteiger partial charge in [-0.3, -0.25) is 10.1 Å². The lowest BCUT2D eigenvalue weighted by Gasteiger charge is -2.09. The van der Waals surface area contributed by atoms with Gasteiger partial charge in [-0.1, -0.05) is 48.5 Å². The fraction of sp³-hybridized carbons (Fsp3) is 0.0476. The van der Waals surface area contributed by atoms with E-state index in [1.165, 1.54) is 6.08 Å². The first-order valence-corrected chi connectivity index (χ1v) is 8.48. The van der Waals surface area contributed by atoms with Crippen LogP contribution < -0.4 is 15.4 Å². The summed E-state index contributed by atoms with van der Waals surface area (Å²) in [4.78, 5) is 12.1. The van der Waals surface area contributed by atoms with E-state index in [1.54, 1.807) is 13.2 Å². The molecule has 0 fully saturated rings. The van der Waals surface area contributed by atoms with E-state index in [9.17, 15) is 4.79 Å². The molecule has 2 N–H and O–H groups in total. The van der Waals surface area contributed by atoms with Crippen molar-refractivity contribution in [2.24, 2.45) is 0 Å². The minimum absolute atomic E-state index is 0.245. The van der Waals surface area contributed by atoms with Gasteiger partial charge >= 0.3 is 0 Å². The van der Waals surface area contributed by atoms with Crippen LogP contribution in [0.5, 0.6) is 5.75 Å². The number of hydrogen-bond donors (Lipinski definition) is 2. The quantitative estimate of drug-likeness (QED) is 0.534. The number of carbonyl (C=O) groups excluding carboxylic acids is 1. The summed E-state index contributed by atoms with van der Waals surface area (Å²) in [5.41, 5.74) is 1.64. The molecule has 0 aliphatic rings. The number of thiocarbonyl (C=S) groups is 1. The number of nitrogens with one attached hydrogen (secondary N) is 2. The van der Waals surface area contributed by atoms with Gasteiger partial charge < -0.3 is 10.1 Å². The molecule has 0 unspecified atom stereocenters. The number of fused-ring (bicyclic) bond motifs is 1. The summed E-state index contributed by atoms with van der Waals surface area (Å²) in [6.07, 6.45) is 3.11. The number of carbonyl (C=O) groups is 1. The van der Waals surface area contributed by atoms with Gasteiger partial charge in [0.2, 0.25) is 5.91 Å². The predicted molar refractivity (Wildman–Crippen MR) is 110 cm³/mol. The maximum absolute atomic E-state index is 12.1. The summed E-state index contributed by atoms with van der Waals surface area (Å²) < 4.78 is 5.25. The molecule has 3 rings (SSSR count). The Morgan fingerprint density at radius 3 is 2.54 bits per heavy atom. The van der Waals surface area contributed by atoms with Crippen LogP contribution >= 0.6 is 12.2 Å². The molecule has 0 spiro atoms. The largest absolute Gasteiger partial charge is 0.496 e. The lowest BCUT2D eigenvalue weighted by molar-refractivity contribution is -0.115. The van der Waals surface area contributed by atoms with Crippen LogP contribution in [0.3, 0.4) is 0 Å². The number of anilines is 1. The van der Waals surface area contributed by atoms with Crippen LogP contribution in [0.4, 0.5) is 5.69 Å². The molecule has 0 aliphatic heterocycles. The topological polar surface area (TPSA) is 50.4 Å². The lowest BCUT2D eigenvalue weighted by Crippen LogP contribution is -2.32. The van der Waals surface area contributed by atoms with Crippen LogP contribution in [0, 0.1) is 0 Å². The van der Waals surface area contributed by atoms with Crippen molar-refractivity contribution in [2.45, 2.75) is 0 Å². The third-order valence-electron chi connectivity index (χ3n) is 3.80. The number of methoxy groups -OCH3 is 1. The van der Waals surface area contributed by atoms with Crippen LogP contribution in [-0.4, -0.2) is 18.1 Å². The smallest absolute Gasteiger partial charge is 0.250 e. The van der Waals surface area contributed by atoms with E-state index in [0.29, 0.717) is 5.75 Å². The van der Waals surface area contributed by atoms with E-state index in [-0.39, 0.29) is 11.0 Å². The summed E-state index contributed by atoms with van der Waals surface area (Å²) in [6, 6.07) is 21.4. The van der Waals surface area contributed by atoms with Gasteiger partial charge in [-0.15, -0.1) is 0 Å². The highest BCUT2D eigenvalue weighted by atomic mass is 32.1. The van der Waals surface area contributed by atoms with Gasteiger partial charge in [0.05, 0.1) is 7.11 Å². The highest BCUT2D eigenvalue weighted by molar-refractivity contribution is 7.80. The zero-order valence-electron chi connectivity index (χ0n) is 14.2. The molecule has 130 valence electrons. The molecule has 0 atom stereocenters. The second-order valence-electron chi connectivity index (χ2n) is 5.58. The van der Waals surface area contributed by atoms with Gasteiger partial charge in [0.1, 0.15) is 5.75 Å². The number of benzene rings is 3. The first-order chi connectivity index (χ1) is 12.7. The maximum atomic E-state index is 12.1. The fourth-order valence-corrected chi connectivity index (χ4v) is 2.77. The van der Waals surface area contributed by atoms with Crippen LogP contribution in [0.2, 0.25) is 0 Å². The molecule has 26 heavy (non-hydrogen) atoms. The Labute approximate surface area is 157 Å². The van der Waals surface area contributed by atoms with Crippen LogP contribution in [0.1, 0.15) is 5.56 Å². The van der Waals surface area contributed by atoms with Crippen molar-refractivity contribution in [2.75, 3.05) is 12.4 Å². The van der Waals surface area contributed by atoms with Crippen molar-refractivity contribution in [3.63, 3.8) is 0 Å². The third kappa shape index (κ3) is 4.46. The van der Waals surface area contributed by atoms with E-state index in [4.69, 9.17) is 17.0 Å². The molecule has 5 heteroatoms. The third-order valence-corrected chi connectivity index (χ3v) is 4.00. The van der Waals surface area contributed by atoms with Gasteiger partial charge in [0, 0.05) is 17.3 Å². The SMILES string of the molecule is COc1ccccc1/C=C/C(=O)NC(=S)Nc1ccc2ccccc2c1. The highest BCUT2D eigenvalue weighted by Crippen LogP contribution is 2.19. The van der Waals surface area contributed by atoms with Crippen LogP contribution in [-0.2, 0) is 4.79 Å². The number of para-hydroxylation sites is 1. The Kier molecular flexibility index (Phi) is 5.61. The number of rotatable bonds is 4. The van der Waals surface area contributed by atoms with Crippen LogP contribution in [0.15, 0.2) is 72.8 Å². The monoisotopic (exact) mass is 362 g/mol. The van der Waals surface area contributed by atoms with Gasteiger partial charge in [0.25, 0.3) is 0 Å². The van der Waals surface area contributed by atoms with E-state index >= 15 is 0 Å². The Morgan fingerprint density at radius 2 is 1.73 bits per heavy atom. The molecule has 3 aromatic carbocycles. The highest BCUT2D eigenvalue weighted by Gasteiger charge is 2.03. The van der Waals surface area contributed by atoms with Crippen molar-refractivity contribution in [3.8, 4) is 5.75 Å². The molecule has 0 heterocycles. The molecular formula is C21H18N2O2S. The normalized spacial score (nSPS) is 10.7. The van der Waals surface area contributed by atoms with Crippen molar-refractivity contribution in [1.82, 2.24) is 5.32 Å². The minimum atomic E-state index is -0.311. The van der Waals surface area contributed by atoms with E-state index in [1.807, 2.05) is 66.7 Å². The van der Waals surface area contributed by atoms with E-state index in [2.05, 4.69) is 10.6 Å². The average molecular weight is 362 g/mol. The molecule has 1 amide bonds. The van der Waals surface area contributed by atoms with E-state index in [0.717, 1.165) is 22.0 Å².